The molecule has 0 N–H and O–H groups in total. The minimum absolute atomic E-state index is 0.158. The fourth-order valence-electron chi connectivity index (χ4n) is 2.75. The molecule has 0 heterocycles. The summed E-state index contributed by atoms with van der Waals surface area (Å²) in [5.41, 5.74) is 1.73. The molecule has 152 valence electrons. The van der Waals surface area contributed by atoms with E-state index < -0.39 is 5.97 Å². The highest BCUT2D eigenvalue weighted by molar-refractivity contribution is 6.07. The molecule has 0 saturated carbocycles. The van der Waals surface area contributed by atoms with Gasteiger partial charge in [-0.2, -0.15) is 0 Å². The number of ether oxygens (including phenoxy) is 3. The standard InChI is InChI=1S/C25H22O5/c1-3-29-24-7-5-4-6-19(24)12-17-23(26)18-8-15-22(16-9-18)30-25(27)20-10-13-21(28-2)14-11-20/h4-17H,3H2,1-2H3/b17-12+. The van der Waals surface area contributed by atoms with Crippen LogP contribution in [0.2, 0.25) is 0 Å². The zero-order chi connectivity index (χ0) is 21.3. The second kappa shape index (κ2) is 10.1. The summed E-state index contributed by atoms with van der Waals surface area (Å²) in [5.74, 6) is 1.10. The lowest BCUT2D eigenvalue weighted by atomic mass is 10.1. The molecule has 0 radical (unpaired) electrons. The first kappa shape index (κ1) is 20.9. The van der Waals surface area contributed by atoms with Crippen molar-refractivity contribution in [3.63, 3.8) is 0 Å². The zero-order valence-electron chi connectivity index (χ0n) is 16.8. The molecule has 0 unspecified atom stereocenters. The van der Waals surface area contributed by atoms with Gasteiger partial charge in [-0.25, -0.2) is 4.79 Å². The number of methoxy groups -OCH3 is 1. The van der Waals surface area contributed by atoms with Crippen molar-refractivity contribution in [1.29, 1.82) is 0 Å². The molecule has 0 fully saturated rings. The lowest BCUT2D eigenvalue weighted by molar-refractivity contribution is 0.0734. The summed E-state index contributed by atoms with van der Waals surface area (Å²) >= 11 is 0. The topological polar surface area (TPSA) is 61.8 Å². The van der Waals surface area contributed by atoms with Crippen LogP contribution in [0.15, 0.2) is 78.9 Å². The van der Waals surface area contributed by atoms with Gasteiger partial charge in [-0.3, -0.25) is 4.79 Å². The predicted molar refractivity (Wildman–Crippen MR) is 115 cm³/mol. The average Bonchev–Trinajstić information content (AvgIpc) is 2.79. The fraction of sp³-hybridized carbons (Fsp3) is 0.120. The van der Waals surface area contributed by atoms with Crippen molar-refractivity contribution in [1.82, 2.24) is 0 Å². The molecular formula is C25H22O5. The van der Waals surface area contributed by atoms with E-state index in [2.05, 4.69) is 0 Å². The van der Waals surface area contributed by atoms with E-state index in [0.29, 0.717) is 29.2 Å². The summed E-state index contributed by atoms with van der Waals surface area (Å²) in [5, 5.41) is 0. The third kappa shape index (κ3) is 5.35. The van der Waals surface area contributed by atoms with Crippen molar-refractivity contribution < 1.29 is 23.8 Å². The molecule has 0 spiro atoms. The molecule has 0 atom stereocenters. The van der Waals surface area contributed by atoms with E-state index in [9.17, 15) is 9.59 Å². The van der Waals surface area contributed by atoms with E-state index in [1.807, 2.05) is 31.2 Å². The average molecular weight is 402 g/mol. The molecule has 0 aliphatic rings. The van der Waals surface area contributed by atoms with Crippen LogP contribution in [0.4, 0.5) is 0 Å². The van der Waals surface area contributed by atoms with Gasteiger partial charge < -0.3 is 14.2 Å². The molecule has 30 heavy (non-hydrogen) atoms. The largest absolute Gasteiger partial charge is 0.497 e. The van der Waals surface area contributed by atoms with Crippen molar-refractivity contribution in [2.75, 3.05) is 13.7 Å². The molecule has 3 rings (SSSR count). The maximum absolute atomic E-state index is 12.5. The van der Waals surface area contributed by atoms with Crippen LogP contribution in [0.25, 0.3) is 6.08 Å². The fourth-order valence-corrected chi connectivity index (χ4v) is 2.75. The molecule has 0 saturated heterocycles. The highest BCUT2D eigenvalue weighted by atomic mass is 16.5. The van der Waals surface area contributed by atoms with Crippen LogP contribution < -0.4 is 14.2 Å². The predicted octanol–water partition coefficient (Wildman–Crippen LogP) is 5.21. The monoisotopic (exact) mass is 402 g/mol. The third-order valence-electron chi connectivity index (χ3n) is 4.31. The Labute approximate surface area is 175 Å². The molecule has 5 nitrogen and oxygen atoms in total. The minimum atomic E-state index is -0.482. The molecule has 3 aromatic rings. The van der Waals surface area contributed by atoms with Gasteiger partial charge >= 0.3 is 5.97 Å². The van der Waals surface area contributed by atoms with Gasteiger partial charge in [-0.1, -0.05) is 18.2 Å². The summed E-state index contributed by atoms with van der Waals surface area (Å²) in [6.45, 7) is 2.46. The second-order valence-corrected chi connectivity index (χ2v) is 6.31. The lowest BCUT2D eigenvalue weighted by Crippen LogP contribution is -2.08. The van der Waals surface area contributed by atoms with Crippen LogP contribution in [0.1, 0.15) is 33.2 Å². The number of carbonyl (C=O) groups is 2. The lowest BCUT2D eigenvalue weighted by Gasteiger charge is -2.06. The first-order valence-corrected chi connectivity index (χ1v) is 9.51. The Hall–Kier alpha value is -3.86. The highest BCUT2D eigenvalue weighted by Gasteiger charge is 2.10. The van der Waals surface area contributed by atoms with E-state index in [-0.39, 0.29) is 5.78 Å². The summed E-state index contributed by atoms with van der Waals surface area (Å²) < 4.78 is 16.0. The Balaban J connectivity index is 1.64. The van der Waals surface area contributed by atoms with Crippen molar-refractivity contribution in [3.8, 4) is 17.2 Å². The van der Waals surface area contributed by atoms with E-state index >= 15 is 0 Å². The number of benzene rings is 3. The van der Waals surface area contributed by atoms with Crippen molar-refractivity contribution >= 4 is 17.8 Å². The number of esters is 1. The maximum atomic E-state index is 12.5. The number of para-hydroxylation sites is 1. The Bertz CT molecular complexity index is 1030. The smallest absolute Gasteiger partial charge is 0.343 e. The number of rotatable bonds is 8. The summed E-state index contributed by atoms with van der Waals surface area (Å²) in [4.78, 5) is 24.7. The van der Waals surface area contributed by atoms with Gasteiger partial charge in [0.05, 0.1) is 19.3 Å². The van der Waals surface area contributed by atoms with Gasteiger partial charge in [-0.05, 0) is 73.7 Å². The Morgan fingerprint density at radius 3 is 2.13 bits per heavy atom. The Kier molecular flexibility index (Phi) is 7.00. The SMILES string of the molecule is CCOc1ccccc1/C=C/C(=O)c1ccc(OC(=O)c2ccc(OC)cc2)cc1. The summed E-state index contributed by atoms with van der Waals surface area (Å²) in [7, 11) is 1.56. The number of hydrogen-bond acceptors (Lipinski definition) is 5. The van der Waals surface area contributed by atoms with Gasteiger partial charge in [0.1, 0.15) is 17.2 Å². The molecule has 0 bridgehead atoms. The summed E-state index contributed by atoms with van der Waals surface area (Å²) in [6, 6.07) is 20.6. The van der Waals surface area contributed by atoms with Crippen LogP contribution in [0.3, 0.4) is 0 Å². The molecule has 0 aliphatic carbocycles. The first-order valence-electron chi connectivity index (χ1n) is 9.51. The minimum Gasteiger partial charge on any atom is -0.497 e. The van der Waals surface area contributed by atoms with E-state index in [1.165, 1.54) is 6.08 Å². The number of allylic oxidation sites excluding steroid dienone is 1. The van der Waals surface area contributed by atoms with E-state index in [0.717, 1.165) is 11.3 Å². The van der Waals surface area contributed by atoms with Crippen LogP contribution >= 0.6 is 0 Å². The summed E-state index contributed by atoms with van der Waals surface area (Å²) in [6.07, 6.45) is 3.22. The number of carbonyl (C=O) groups excluding carboxylic acids is 2. The van der Waals surface area contributed by atoms with Crippen LogP contribution in [0, 0.1) is 0 Å². The zero-order valence-corrected chi connectivity index (χ0v) is 16.8. The normalized spacial score (nSPS) is 10.6. The molecule has 5 heteroatoms. The Morgan fingerprint density at radius 2 is 1.47 bits per heavy atom. The number of hydrogen-bond donors (Lipinski definition) is 0. The van der Waals surface area contributed by atoms with E-state index in [4.69, 9.17) is 14.2 Å². The van der Waals surface area contributed by atoms with Gasteiger partial charge in [0.25, 0.3) is 0 Å². The number of ketones is 1. The Morgan fingerprint density at radius 1 is 0.833 bits per heavy atom. The van der Waals surface area contributed by atoms with Crippen LogP contribution in [-0.4, -0.2) is 25.5 Å². The molecular weight excluding hydrogens is 380 g/mol. The molecule has 0 aliphatic heterocycles. The maximum Gasteiger partial charge on any atom is 0.343 e. The van der Waals surface area contributed by atoms with Crippen molar-refractivity contribution in [2.45, 2.75) is 6.92 Å². The van der Waals surface area contributed by atoms with E-state index in [1.54, 1.807) is 61.7 Å². The van der Waals surface area contributed by atoms with Crippen molar-refractivity contribution in [3.05, 3.63) is 95.6 Å². The molecule has 0 aromatic heterocycles. The van der Waals surface area contributed by atoms with Gasteiger partial charge in [0.15, 0.2) is 5.78 Å². The quantitative estimate of drug-likeness (QED) is 0.224. The van der Waals surface area contributed by atoms with Gasteiger partial charge in [-0.15, -0.1) is 0 Å². The molecule has 3 aromatic carbocycles. The van der Waals surface area contributed by atoms with Crippen molar-refractivity contribution in [2.24, 2.45) is 0 Å². The van der Waals surface area contributed by atoms with Crippen LogP contribution in [0.5, 0.6) is 17.2 Å². The molecule has 0 amide bonds. The van der Waals surface area contributed by atoms with Gasteiger partial charge in [0.2, 0.25) is 0 Å². The second-order valence-electron chi connectivity index (χ2n) is 6.31. The first-order chi connectivity index (χ1) is 14.6. The third-order valence-corrected chi connectivity index (χ3v) is 4.31. The van der Waals surface area contributed by atoms with Gasteiger partial charge in [0, 0.05) is 11.1 Å². The highest BCUT2D eigenvalue weighted by Crippen LogP contribution is 2.20. The van der Waals surface area contributed by atoms with Crippen LogP contribution in [-0.2, 0) is 0 Å².